The maximum Gasteiger partial charge on any atom is 0.410 e. The van der Waals surface area contributed by atoms with Gasteiger partial charge in [-0.3, -0.25) is 39.5 Å². The molecule has 0 spiro atoms. The van der Waals surface area contributed by atoms with E-state index in [9.17, 15) is 9.90 Å². The lowest BCUT2D eigenvalue weighted by atomic mass is 9.94. The van der Waals surface area contributed by atoms with Crippen LogP contribution in [0.3, 0.4) is 0 Å². The molecule has 0 bridgehead atoms. The Balaban J connectivity index is 0.000000124. The molecular formula is C82H92Cl4N14O4. The molecule has 22 heteroatoms. The van der Waals surface area contributed by atoms with Crippen molar-refractivity contribution in [1.29, 1.82) is 0 Å². The predicted octanol–water partition coefficient (Wildman–Crippen LogP) is 16.0. The molecule has 3 N–H and O–H groups in total. The van der Waals surface area contributed by atoms with Crippen molar-refractivity contribution in [3.63, 3.8) is 0 Å². The van der Waals surface area contributed by atoms with Crippen molar-refractivity contribution in [2.45, 2.75) is 84.7 Å². The van der Waals surface area contributed by atoms with Crippen LogP contribution in [0.4, 0.5) is 4.79 Å². The fraction of sp³-hybridized carbons (Fsp3) is 0.354. The number of aliphatic hydroxyl groups is 2. The predicted molar refractivity (Wildman–Crippen MR) is 420 cm³/mol. The quantitative estimate of drug-likeness (QED) is 0.0888. The molecule has 8 aromatic heterocycles. The minimum atomic E-state index is -0.467. The minimum absolute atomic E-state index is 0.229. The number of likely N-dealkylation sites (tertiary alicyclic amines) is 2. The number of carbonyl (C=O) groups is 1. The van der Waals surface area contributed by atoms with Crippen LogP contribution in [0.2, 0.25) is 20.1 Å². The zero-order valence-corrected chi connectivity index (χ0v) is 62.5. The molecule has 4 aromatic carbocycles. The van der Waals surface area contributed by atoms with Crippen LogP contribution in [0, 0.1) is 11.8 Å². The number of carbonyl (C=O) groups excluding carboxylic acids is 1. The van der Waals surface area contributed by atoms with E-state index in [4.69, 9.17) is 56.2 Å². The number of ether oxygens (including phenoxy) is 1. The normalized spacial score (nSPS) is 16.1. The van der Waals surface area contributed by atoms with Crippen LogP contribution in [0.5, 0.6) is 0 Å². The van der Waals surface area contributed by atoms with Gasteiger partial charge < -0.3 is 43.4 Å². The van der Waals surface area contributed by atoms with Crippen molar-refractivity contribution in [3.05, 3.63) is 238 Å². The lowest BCUT2D eigenvalue weighted by Crippen LogP contribution is -2.49. The second kappa shape index (κ2) is 34.8. The summed E-state index contributed by atoms with van der Waals surface area (Å²) in [6.45, 7) is 21.6. The van der Waals surface area contributed by atoms with Crippen molar-refractivity contribution in [2.24, 2.45) is 11.8 Å². The van der Waals surface area contributed by atoms with Crippen LogP contribution >= 0.6 is 46.4 Å². The van der Waals surface area contributed by atoms with Crippen LogP contribution in [-0.4, -0.2) is 176 Å². The Bertz CT molecular complexity index is 4760. The first-order valence-electron chi connectivity index (χ1n) is 36.2. The lowest BCUT2D eigenvalue weighted by Gasteiger charge is -2.35. The number of nitrogens with one attached hydrogen (secondary N) is 1. The lowest BCUT2D eigenvalue weighted by molar-refractivity contribution is 0.0139. The van der Waals surface area contributed by atoms with Gasteiger partial charge in [0.05, 0.1) is 46.9 Å². The van der Waals surface area contributed by atoms with E-state index in [1.165, 1.54) is 56.6 Å². The summed E-state index contributed by atoms with van der Waals surface area (Å²) in [6, 6.07) is 40.0. The topological polar surface area (TPSA) is 166 Å². The molecular weight excluding hydrogens is 1390 g/mol. The minimum Gasteiger partial charge on any atom is -0.444 e. The highest BCUT2D eigenvalue weighted by Crippen LogP contribution is 2.33. The number of aliphatic hydroxyl groups excluding tert-OH is 2. The Morgan fingerprint density at radius 2 is 0.721 bits per heavy atom. The van der Waals surface area contributed by atoms with Crippen LogP contribution in [-0.2, 0) is 30.9 Å². The van der Waals surface area contributed by atoms with Crippen LogP contribution in [0.15, 0.2) is 196 Å². The molecule has 4 aliphatic rings. The molecule has 16 rings (SSSR count). The number of halogens is 4. The van der Waals surface area contributed by atoms with Gasteiger partial charge >= 0.3 is 6.09 Å². The van der Waals surface area contributed by atoms with Crippen molar-refractivity contribution in [1.82, 2.24) is 68.0 Å². The molecule has 18 nitrogen and oxygen atoms in total. The summed E-state index contributed by atoms with van der Waals surface area (Å²) in [5.74, 6) is 1.15. The van der Waals surface area contributed by atoms with E-state index in [1.54, 1.807) is 4.90 Å². The molecule has 4 fully saturated rings. The Morgan fingerprint density at radius 3 is 1.02 bits per heavy atom. The number of hydrogen-bond donors (Lipinski definition) is 3. The van der Waals surface area contributed by atoms with Crippen molar-refractivity contribution in [3.8, 4) is 22.7 Å². The summed E-state index contributed by atoms with van der Waals surface area (Å²) >= 11 is 24.1. The highest BCUT2D eigenvalue weighted by molar-refractivity contribution is 6.31. The Labute approximate surface area is 628 Å². The summed E-state index contributed by atoms with van der Waals surface area (Å²) in [5.41, 5.74) is 13.6. The second-order valence-electron chi connectivity index (χ2n) is 28.5. The molecule has 542 valence electrons. The molecule has 0 unspecified atom stereocenters. The van der Waals surface area contributed by atoms with Gasteiger partial charge in [-0.25, -0.2) is 4.79 Å². The molecule has 0 saturated carbocycles. The number of nitrogens with zero attached hydrogens (tertiary/aromatic N) is 13. The number of hydrogen-bond acceptors (Lipinski definition) is 13. The van der Waals surface area contributed by atoms with Gasteiger partial charge in [0, 0.05) is 206 Å². The monoisotopic (exact) mass is 1480 g/mol. The molecule has 12 aromatic rings. The average Bonchev–Trinajstić information content (AvgIpc) is 1.65. The number of benzene rings is 4. The maximum absolute atomic E-state index is 12.3. The van der Waals surface area contributed by atoms with Gasteiger partial charge in [0.1, 0.15) is 5.60 Å². The highest BCUT2D eigenvalue weighted by atomic mass is 35.5. The summed E-state index contributed by atoms with van der Waals surface area (Å²) in [6.07, 6.45) is 29.2. The molecule has 4 saturated heterocycles. The average molecular weight is 1480 g/mol. The Morgan fingerprint density at radius 1 is 0.423 bits per heavy atom. The molecule has 1 amide bonds. The van der Waals surface area contributed by atoms with E-state index in [2.05, 4.69) is 112 Å². The smallest absolute Gasteiger partial charge is 0.410 e. The maximum atomic E-state index is 12.3. The summed E-state index contributed by atoms with van der Waals surface area (Å²) in [4.78, 5) is 41.2. The van der Waals surface area contributed by atoms with Gasteiger partial charge in [0.15, 0.2) is 0 Å². The van der Waals surface area contributed by atoms with Gasteiger partial charge in [-0.2, -0.15) is 0 Å². The van der Waals surface area contributed by atoms with Gasteiger partial charge in [0.25, 0.3) is 0 Å². The molecule has 4 aliphatic heterocycles. The standard InChI is InChI=1S/C23H27ClN4O2.C21H24ClN3O.C20H22ClN3O.C18H19ClN4/c1-23(2,3)30-22(29)27-12-10-26(11-13-27)15-17-16-28(19-6-4-18(24)5-7-19)21-14-25-9-8-20(17)21;22-18-1-3-19(4-2-18)25-15-17(20-5-9-23-13-21(20)25)14-24-10-6-16(7-11-24)8-12-26;21-17-1-3-18(4-2-17)24-13-16(19-5-8-22-11-20(19)24)12-23-9-6-15(14-25)7-10-23;19-15-1-3-16(4-2-15)23-13-14(12-22-9-7-20-8-10-22)17-5-6-21-11-18(17)23/h4-9,14,16H,10-13,15H2,1-3H3;1-5,9,13,15-16,26H,6-8,10-12,14H2;1-5,8,11,13,15,25H,6-7,9-10,12,14H2;1-6,11,13,20H,7-10,12H2. The third-order valence-electron chi connectivity index (χ3n) is 20.2. The zero-order valence-electron chi connectivity index (χ0n) is 59.4. The first-order chi connectivity index (χ1) is 50.6. The van der Waals surface area contributed by atoms with E-state index in [-0.39, 0.29) is 6.09 Å². The number of fused-ring (bicyclic) bond motifs is 4. The molecule has 12 heterocycles. The van der Waals surface area contributed by atoms with E-state index in [1.807, 2.05) is 167 Å². The molecule has 0 atom stereocenters. The van der Waals surface area contributed by atoms with Gasteiger partial charge in [-0.1, -0.05) is 46.4 Å². The Hall–Kier alpha value is -8.21. The fourth-order valence-corrected chi connectivity index (χ4v) is 15.0. The molecule has 0 radical (unpaired) electrons. The summed E-state index contributed by atoms with van der Waals surface area (Å²) < 4.78 is 14.2. The number of pyridine rings is 4. The van der Waals surface area contributed by atoms with Crippen LogP contribution in [0.1, 0.15) is 75.1 Å². The van der Waals surface area contributed by atoms with Crippen molar-refractivity contribution < 1.29 is 19.7 Å². The van der Waals surface area contributed by atoms with Gasteiger partial charge in [-0.05, 0) is 234 Å². The third kappa shape index (κ3) is 18.7. The summed E-state index contributed by atoms with van der Waals surface area (Å²) in [7, 11) is 0. The number of rotatable bonds is 15. The van der Waals surface area contributed by atoms with E-state index in [0.717, 1.165) is 176 Å². The van der Waals surface area contributed by atoms with E-state index >= 15 is 0 Å². The number of piperidine rings is 2. The summed E-state index contributed by atoms with van der Waals surface area (Å²) in [5, 5.41) is 29.8. The largest absolute Gasteiger partial charge is 0.444 e. The third-order valence-corrected chi connectivity index (χ3v) is 21.2. The van der Waals surface area contributed by atoms with Crippen LogP contribution < -0.4 is 5.32 Å². The first kappa shape index (κ1) is 74.1. The van der Waals surface area contributed by atoms with E-state index < -0.39 is 5.60 Å². The first-order valence-corrected chi connectivity index (χ1v) is 37.7. The number of piperazine rings is 2. The van der Waals surface area contributed by atoms with Crippen LogP contribution in [0.25, 0.3) is 66.4 Å². The zero-order chi connectivity index (χ0) is 72.1. The second-order valence-corrected chi connectivity index (χ2v) is 30.2. The van der Waals surface area contributed by atoms with Crippen molar-refractivity contribution >= 4 is 96.1 Å². The van der Waals surface area contributed by atoms with E-state index in [0.29, 0.717) is 38.1 Å². The fourth-order valence-electron chi connectivity index (χ4n) is 14.5. The van der Waals surface area contributed by atoms with Crippen molar-refractivity contribution in [2.75, 3.05) is 91.8 Å². The molecule has 0 aliphatic carbocycles. The van der Waals surface area contributed by atoms with Gasteiger partial charge in [0.2, 0.25) is 0 Å². The highest BCUT2D eigenvalue weighted by Gasteiger charge is 2.28. The Kier molecular flexibility index (Phi) is 24.8. The number of amides is 1. The molecule has 104 heavy (non-hydrogen) atoms. The SMILES string of the molecule is CC(C)(C)OC(=O)N1CCN(Cc2cn(-c3ccc(Cl)cc3)c3cnccc23)CC1.Clc1ccc(-n2cc(CN3CCNCC3)c3ccncc32)cc1.OCC1CCN(Cc2cn(-c3ccc(Cl)cc3)c3cnccc23)CC1.OCCC1CCN(Cc2cn(-c3ccc(Cl)cc3)c3cnccc23)CC1. The van der Waals surface area contributed by atoms with Gasteiger partial charge in [-0.15, -0.1) is 0 Å². The number of aromatic nitrogens is 8.